The Hall–Kier alpha value is -2.17. The highest BCUT2D eigenvalue weighted by Crippen LogP contribution is 2.08. The number of aliphatic hydroxyl groups excluding tert-OH is 1. The lowest BCUT2D eigenvalue weighted by atomic mass is 10.0. The zero-order valence-corrected chi connectivity index (χ0v) is 12.7. The molecule has 2 atom stereocenters. The topological polar surface area (TPSA) is 83.6 Å². The van der Waals surface area contributed by atoms with Gasteiger partial charge in [0.05, 0.1) is 12.5 Å². The van der Waals surface area contributed by atoms with Gasteiger partial charge >= 0.3 is 5.97 Å². The maximum atomic E-state index is 10.6. The lowest BCUT2D eigenvalue weighted by Crippen LogP contribution is -2.20. The van der Waals surface area contributed by atoms with Gasteiger partial charge in [-0.1, -0.05) is 60.7 Å². The molecule has 0 aliphatic rings. The third-order valence-corrected chi connectivity index (χ3v) is 3.22. The summed E-state index contributed by atoms with van der Waals surface area (Å²) in [6, 6.07) is 19.5. The van der Waals surface area contributed by atoms with E-state index in [9.17, 15) is 4.79 Å². The second-order valence-electron chi connectivity index (χ2n) is 5.11. The number of carbonyl (C=O) groups is 1. The molecule has 1 unspecified atom stereocenters. The number of hydrogen-bond donors (Lipinski definition) is 3. The van der Waals surface area contributed by atoms with Crippen LogP contribution in [0.15, 0.2) is 60.7 Å². The number of carboxylic acid groups (broad SMARTS) is 1. The van der Waals surface area contributed by atoms with Gasteiger partial charge in [0.15, 0.2) is 0 Å². The van der Waals surface area contributed by atoms with E-state index in [-0.39, 0.29) is 12.6 Å². The Morgan fingerprint density at radius 1 is 1.05 bits per heavy atom. The van der Waals surface area contributed by atoms with Crippen LogP contribution in [0, 0.1) is 5.92 Å². The van der Waals surface area contributed by atoms with Gasteiger partial charge < -0.3 is 15.9 Å². The van der Waals surface area contributed by atoms with Crippen LogP contribution < -0.4 is 5.73 Å². The van der Waals surface area contributed by atoms with Crippen molar-refractivity contribution in [2.45, 2.75) is 19.4 Å². The van der Waals surface area contributed by atoms with Crippen molar-refractivity contribution in [3.63, 3.8) is 0 Å². The number of hydrogen-bond acceptors (Lipinski definition) is 3. The normalized spacial score (nSPS) is 12.7. The Balaban J connectivity index is 0.000000235. The van der Waals surface area contributed by atoms with Gasteiger partial charge in [0.1, 0.15) is 0 Å². The summed E-state index contributed by atoms with van der Waals surface area (Å²) >= 11 is 0. The third-order valence-electron chi connectivity index (χ3n) is 3.22. The van der Waals surface area contributed by atoms with E-state index in [4.69, 9.17) is 15.9 Å². The molecule has 0 aliphatic carbocycles. The Labute approximate surface area is 131 Å². The number of carboxylic acids is 1. The third kappa shape index (κ3) is 6.52. The molecule has 0 fully saturated rings. The summed E-state index contributed by atoms with van der Waals surface area (Å²) < 4.78 is 0. The monoisotopic (exact) mass is 301 g/mol. The minimum absolute atomic E-state index is 0.159. The van der Waals surface area contributed by atoms with E-state index in [1.807, 2.05) is 67.6 Å². The van der Waals surface area contributed by atoms with Gasteiger partial charge in [-0.2, -0.15) is 0 Å². The summed E-state index contributed by atoms with van der Waals surface area (Å²) in [7, 11) is 0. The van der Waals surface area contributed by atoms with Crippen molar-refractivity contribution in [3.8, 4) is 0 Å². The molecule has 0 amide bonds. The fraction of sp³-hybridized carbons (Fsp3) is 0.278. The lowest BCUT2D eigenvalue weighted by Gasteiger charge is -2.07. The molecule has 4 heteroatoms. The Morgan fingerprint density at radius 3 is 1.91 bits per heavy atom. The number of aliphatic hydroxyl groups is 1. The largest absolute Gasteiger partial charge is 0.481 e. The van der Waals surface area contributed by atoms with Crippen LogP contribution >= 0.6 is 0 Å². The standard InChI is InChI=1S/C10H12O3.C8H11N/c11-7-9(10(12)13)6-8-4-2-1-3-5-8;1-7(9)8-5-3-2-4-6-8/h1-5,9,11H,6-7H2,(H,12,13);2-7H,9H2,1H3/t9-;/m0./s1. The van der Waals surface area contributed by atoms with Crippen LogP contribution in [-0.2, 0) is 11.2 Å². The van der Waals surface area contributed by atoms with E-state index >= 15 is 0 Å². The molecule has 0 radical (unpaired) electrons. The van der Waals surface area contributed by atoms with E-state index in [0.29, 0.717) is 6.42 Å². The first-order valence-corrected chi connectivity index (χ1v) is 7.22. The number of rotatable bonds is 5. The van der Waals surface area contributed by atoms with Crippen LogP contribution in [0.3, 0.4) is 0 Å². The quantitative estimate of drug-likeness (QED) is 0.792. The van der Waals surface area contributed by atoms with Crippen LogP contribution in [0.5, 0.6) is 0 Å². The molecule has 0 aromatic heterocycles. The van der Waals surface area contributed by atoms with Gasteiger partial charge in [-0.05, 0) is 24.5 Å². The SMILES string of the molecule is CC(N)c1ccccc1.O=C(O)[C@H](CO)Cc1ccccc1. The molecular formula is C18H23NO3. The molecule has 0 heterocycles. The van der Waals surface area contributed by atoms with E-state index in [2.05, 4.69) is 0 Å². The van der Waals surface area contributed by atoms with Gasteiger partial charge in [0, 0.05) is 6.04 Å². The predicted octanol–water partition coefficient (Wildman–Crippen LogP) is 2.63. The van der Waals surface area contributed by atoms with Crippen molar-refractivity contribution in [1.82, 2.24) is 0 Å². The molecule has 4 N–H and O–H groups in total. The highest BCUT2D eigenvalue weighted by molar-refractivity contribution is 5.70. The molecule has 4 nitrogen and oxygen atoms in total. The number of benzene rings is 2. The highest BCUT2D eigenvalue weighted by atomic mass is 16.4. The number of nitrogens with two attached hydrogens (primary N) is 1. The summed E-state index contributed by atoms with van der Waals surface area (Å²) in [6.07, 6.45) is 0.382. The zero-order chi connectivity index (χ0) is 16.4. The highest BCUT2D eigenvalue weighted by Gasteiger charge is 2.15. The number of aliphatic carboxylic acids is 1. The fourth-order valence-electron chi connectivity index (χ4n) is 1.89. The van der Waals surface area contributed by atoms with Gasteiger partial charge in [-0.15, -0.1) is 0 Å². The Kier molecular flexibility index (Phi) is 7.89. The molecule has 2 aromatic rings. The summed E-state index contributed by atoms with van der Waals surface area (Å²) in [4.78, 5) is 10.6. The van der Waals surface area contributed by atoms with Crippen molar-refractivity contribution in [3.05, 3.63) is 71.8 Å². The Bertz CT molecular complexity index is 541. The van der Waals surface area contributed by atoms with Gasteiger partial charge in [-0.3, -0.25) is 4.79 Å². The van der Waals surface area contributed by atoms with Crippen LogP contribution in [-0.4, -0.2) is 22.8 Å². The fourth-order valence-corrected chi connectivity index (χ4v) is 1.89. The average Bonchev–Trinajstić information content (AvgIpc) is 2.54. The van der Waals surface area contributed by atoms with Crippen LogP contribution in [0.2, 0.25) is 0 Å². The summed E-state index contributed by atoms with van der Waals surface area (Å²) in [5, 5.41) is 17.5. The molecule has 0 aliphatic heterocycles. The first-order chi connectivity index (χ1) is 10.5. The van der Waals surface area contributed by atoms with Gasteiger partial charge in [0.25, 0.3) is 0 Å². The van der Waals surface area contributed by atoms with Crippen molar-refractivity contribution in [2.75, 3.05) is 6.61 Å². The van der Waals surface area contributed by atoms with Crippen LogP contribution in [0.25, 0.3) is 0 Å². The molecule has 0 saturated heterocycles. The van der Waals surface area contributed by atoms with E-state index < -0.39 is 11.9 Å². The predicted molar refractivity (Wildman–Crippen MR) is 87.4 cm³/mol. The van der Waals surface area contributed by atoms with Crippen molar-refractivity contribution in [1.29, 1.82) is 0 Å². The second-order valence-corrected chi connectivity index (χ2v) is 5.11. The second kappa shape index (κ2) is 9.71. The lowest BCUT2D eigenvalue weighted by molar-refractivity contribution is -0.143. The maximum Gasteiger partial charge on any atom is 0.309 e. The van der Waals surface area contributed by atoms with Crippen molar-refractivity contribution in [2.24, 2.45) is 11.7 Å². The van der Waals surface area contributed by atoms with Crippen LogP contribution in [0.1, 0.15) is 24.1 Å². The minimum atomic E-state index is -0.952. The first kappa shape index (κ1) is 17.9. The smallest absolute Gasteiger partial charge is 0.309 e. The molecule has 22 heavy (non-hydrogen) atoms. The zero-order valence-electron chi connectivity index (χ0n) is 12.7. The molecule has 2 aromatic carbocycles. The first-order valence-electron chi connectivity index (χ1n) is 7.22. The molecule has 0 saturated carbocycles. The summed E-state index contributed by atoms with van der Waals surface area (Å²) in [5.74, 6) is -1.64. The molecular weight excluding hydrogens is 278 g/mol. The van der Waals surface area contributed by atoms with E-state index in [0.717, 1.165) is 5.56 Å². The molecule has 0 spiro atoms. The average molecular weight is 301 g/mol. The minimum Gasteiger partial charge on any atom is -0.481 e. The Morgan fingerprint density at radius 2 is 1.55 bits per heavy atom. The van der Waals surface area contributed by atoms with E-state index in [1.54, 1.807) is 0 Å². The molecule has 118 valence electrons. The van der Waals surface area contributed by atoms with Gasteiger partial charge in [-0.25, -0.2) is 0 Å². The summed E-state index contributed by atoms with van der Waals surface area (Å²) in [5.41, 5.74) is 7.74. The molecule has 0 bridgehead atoms. The van der Waals surface area contributed by atoms with Crippen molar-refractivity contribution < 1.29 is 15.0 Å². The maximum absolute atomic E-state index is 10.6. The molecule has 2 rings (SSSR count). The summed E-state index contributed by atoms with van der Waals surface area (Å²) in [6.45, 7) is 1.67. The van der Waals surface area contributed by atoms with Crippen LogP contribution in [0.4, 0.5) is 0 Å². The van der Waals surface area contributed by atoms with E-state index in [1.165, 1.54) is 5.56 Å². The van der Waals surface area contributed by atoms with Crippen molar-refractivity contribution >= 4 is 5.97 Å². The van der Waals surface area contributed by atoms with Gasteiger partial charge in [0.2, 0.25) is 0 Å².